The van der Waals surface area contributed by atoms with Crippen molar-refractivity contribution in [2.45, 2.75) is 57.4 Å². The van der Waals surface area contributed by atoms with E-state index in [9.17, 15) is 14.0 Å². The molecule has 1 saturated heterocycles. The Morgan fingerprint density at radius 1 is 1.09 bits per heavy atom. The predicted octanol–water partition coefficient (Wildman–Crippen LogP) is 5.03. The van der Waals surface area contributed by atoms with Crippen molar-refractivity contribution in [3.63, 3.8) is 0 Å². The van der Waals surface area contributed by atoms with Gasteiger partial charge in [-0.05, 0) is 57.4 Å². The summed E-state index contributed by atoms with van der Waals surface area (Å²) in [6.45, 7) is 5.40. The minimum Gasteiger partial charge on any atom is -0.489 e. The molecule has 2 aromatic carbocycles. The molecule has 34 heavy (non-hydrogen) atoms. The maximum absolute atomic E-state index is 13.8. The number of hydrogen-bond donors (Lipinski definition) is 0. The summed E-state index contributed by atoms with van der Waals surface area (Å²) in [7, 11) is 2.77. The fourth-order valence-corrected chi connectivity index (χ4v) is 4.24. The fourth-order valence-electron chi connectivity index (χ4n) is 4.24. The Labute approximate surface area is 199 Å². The Balaban J connectivity index is 1.86. The van der Waals surface area contributed by atoms with Crippen LogP contribution in [0.4, 0.5) is 9.18 Å². The highest BCUT2D eigenvalue weighted by Crippen LogP contribution is 2.45. The molecule has 1 amide bonds. The maximum atomic E-state index is 13.8. The molecule has 184 valence electrons. The number of benzene rings is 2. The first-order valence-electron chi connectivity index (χ1n) is 11.2. The molecule has 2 atom stereocenters. The molecule has 0 saturated carbocycles. The highest BCUT2D eigenvalue weighted by molar-refractivity contribution is 5.87. The SMILES string of the molecule is COC[C@@]1(C(=O)OC)CC[C@H](c2ccc(OCc3ccccc3F)cc2)N1C(=O)OC(C)(C)C. The second kappa shape index (κ2) is 10.4. The summed E-state index contributed by atoms with van der Waals surface area (Å²) in [5.74, 6) is -0.312. The fraction of sp³-hybridized carbons (Fsp3) is 0.462. The van der Waals surface area contributed by atoms with Gasteiger partial charge in [-0.15, -0.1) is 0 Å². The van der Waals surface area contributed by atoms with Crippen molar-refractivity contribution >= 4 is 12.1 Å². The Bertz CT molecular complexity index is 1000. The minimum absolute atomic E-state index is 0.0146. The number of carbonyl (C=O) groups is 2. The Morgan fingerprint density at radius 3 is 2.35 bits per heavy atom. The lowest BCUT2D eigenvalue weighted by Gasteiger charge is -2.39. The van der Waals surface area contributed by atoms with Gasteiger partial charge in [-0.25, -0.2) is 14.0 Å². The van der Waals surface area contributed by atoms with E-state index in [0.717, 1.165) is 5.56 Å². The Kier molecular flexibility index (Phi) is 7.82. The number of amides is 1. The van der Waals surface area contributed by atoms with E-state index >= 15 is 0 Å². The molecule has 0 unspecified atom stereocenters. The molecule has 8 heteroatoms. The van der Waals surface area contributed by atoms with Gasteiger partial charge in [0.1, 0.15) is 23.8 Å². The van der Waals surface area contributed by atoms with Crippen LogP contribution in [0.1, 0.15) is 50.8 Å². The van der Waals surface area contributed by atoms with Gasteiger partial charge < -0.3 is 18.9 Å². The van der Waals surface area contributed by atoms with E-state index in [4.69, 9.17) is 18.9 Å². The Morgan fingerprint density at radius 2 is 1.76 bits per heavy atom. The van der Waals surface area contributed by atoms with Crippen LogP contribution in [-0.2, 0) is 25.6 Å². The first kappa shape index (κ1) is 25.5. The number of ether oxygens (including phenoxy) is 4. The number of esters is 1. The minimum atomic E-state index is -1.30. The molecule has 2 aromatic rings. The lowest BCUT2D eigenvalue weighted by molar-refractivity contribution is -0.157. The summed E-state index contributed by atoms with van der Waals surface area (Å²) < 4.78 is 35.6. The van der Waals surface area contributed by atoms with Crippen molar-refractivity contribution < 1.29 is 32.9 Å². The van der Waals surface area contributed by atoms with Gasteiger partial charge >= 0.3 is 12.1 Å². The predicted molar refractivity (Wildman–Crippen MR) is 124 cm³/mol. The molecule has 0 bridgehead atoms. The van der Waals surface area contributed by atoms with Crippen LogP contribution in [0, 0.1) is 5.82 Å². The van der Waals surface area contributed by atoms with Crippen LogP contribution in [-0.4, -0.2) is 48.9 Å². The van der Waals surface area contributed by atoms with E-state index in [1.165, 1.54) is 25.2 Å². The molecule has 7 nitrogen and oxygen atoms in total. The van der Waals surface area contributed by atoms with Crippen LogP contribution in [0.2, 0.25) is 0 Å². The highest BCUT2D eigenvalue weighted by Gasteiger charge is 2.56. The molecule has 0 aliphatic carbocycles. The molecular weight excluding hydrogens is 441 g/mol. The number of likely N-dealkylation sites (tertiary alicyclic amines) is 1. The molecule has 1 fully saturated rings. The molecule has 1 aliphatic rings. The molecular formula is C26H32FNO6. The van der Waals surface area contributed by atoms with Gasteiger partial charge in [0.2, 0.25) is 0 Å². The molecule has 0 aromatic heterocycles. The van der Waals surface area contributed by atoms with Gasteiger partial charge in [-0.1, -0.05) is 30.3 Å². The van der Waals surface area contributed by atoms with Crippen LogP contribution in [0.3, 0.4) is 0 Å². The van der Waals surface area contributed by atoms with Gasteiger partial charge in [0.25, 0.3) is 0 Å². The van der Waals surface area contributed by atoms with Crippen LogP contribution in [0.15, 0.2) is 48.5 Å². The van der Waals surface area contributed by atoms with Gasteiger partial charge in [0.05, 0.1) is 19.8 Å². The number of hydrogen-bond acceptors (Lipinski definition) is 6. The molecule has 0 spiro atoms. The van der Waals surface area contributed by atoms with E-state index in [1.54, 1.807) is 51.1 Å². The van der Waals surface area contributed by atoms with Crippen molar-refractivity contribution in [3.8, 4) is 5.75 Å². The van der Waals surface area contributed by atoms with Gasteiger partial charge in [-0.2, -0.15) is 0 Å². The van der Waals surface area contributed by atoms with E-state index in [-0.39, 0.29) is 19.0 Å². The van der Waals surface area contributed by atoms with E-state index in [2.05, 4.69) is 0 Å². The quantitative estimate of drug-likeness (QED) is 0.525. The third-order valence-electron chi connectivity index (χ3n) is 5.76. The lowest BCUT2D eigenvalue weighted by atomic mass is 9.97. The van der Waals surface area contributed by atoms with Crippen molar-refractivity contribution in [1.82, 2.24) is 4.90 Å². The Hall–Kier alpha value is -3.13. The zero-order chi connectivity index (χ0) is 24.9. The molecule has 1 heterocycles. The van der Waals surface area contributed by atoms with E-state index in [0.29, 0.717) is 24.2 Å². The normalized spacial score (nSPS) is 20.2. The lowest BCUT2D eigenvalue weighted by Crippen LogP contribution is -2.58. The largest absolute Gasteiger partial charge is 0.489 e. The summed E-state index contributed by atoms with van der Waals surface area (Å²) in [4.78, 5) is 27.6. The van der Waals surface area contributed by atoms with Crippen LogP contribution >= 0.6 is 0 Å². The topological polar surface area (TPSA) is 74.3 Å². The van der Waals surface area contributed by atoms with Gasteiger partial charge in [-0.3, -0.25) is 4.90 Å². The number of halogens is 1. The molecule has 1 aliphatic heterocycles. The van der Waals surface area contributed by atoms with E-state index < -0.39 is 29.2 Å². The first-order chi connectivity index (χ1) is 16.1. The van der Waals surface area contributed by atoms with Crippen molar-refractivity contribution in [3.05, 3.63) is 65.5 Å². The number of methoxy groups -OCH3 is 2. The third kappa shape index (κ3) is 5.50. The number of nitrogens with zero attached hydrogens (tertiary/aromatic N) is 1. The molecule has 0 N–H and O–H groups in total. The van der Waals surface area contributed by atoms with Crippen molar-refractivity contribution in [1.29, 1.82) is 0 Å². The summed E-state index contributed by atoms with van der Waals surface area (Å²) in [5.41, 5.74) is -0.771. The average molecular weight is 474 g/mol. The number of carbonyl (C=O) groups excluding carboxylic acids is 2. The number of rotatable bonds is 7. The molecule has 0 radical (unpaired) electrons. The monoisotopic (exact) mass is 473 g/mol. The van der Waals surface area contributed by atoms with Crippen LogP contribution in [0.25, 0.3) is 0 Å². The second-order valence-electron chi connectivity index (χ2n) is 9.31. The van der Waals surface area contributed by atoms with Gasteiger partial charge in [0, 0.05) is 12.7 Å². The summed E-state index contributed by atoms with van der Waals surface area (Å²) in [6.07, 6.45) is 0.271. The van der Waals surface area contributed by atoms with Crippen molar-refractivity contribution in [2.75, 3.05) is 20.8 Å². The molecule has 3 rings (SSSR count). The standard InChI is InChI=1S/C26H32FNO6/c1-25(2,3)34-24(30)28-22(14-15-26(28,17-31-4)23(29)32-5)18-10-12-20(13-11-18)33-16-19-8-6-7-9-21(19)27/h6-13,22H,14-17H2,1-5H3/t22-,26-/m1/s1. The second-order valence-corrected chi connectivity index (χ2v) is 9.31. The van der Waals surface area contributed by atoms with Crippen LogP contribution < -0.4 is 4.74 Å². The van der Waals surface area contributed by atoms with Crippen LogP contribution in [0.5, 0.6) is 5.75 Å². The first-order valence-corrected chi connectivity index (χ1v) is 11.2. The van der Waals surface area contributed by atoms with Gasteiger partial charge in [0.15, 0.2) is 5.54 Å². The zero-order valence-corrected chi connectivity index (χ0v) is 20.3. The highest BCUT2D eigenvalue weighted by atomic mass is 19.1. The maximum Gasteiger partial charge on any atom is 0.411 e. The zero-order valence-electron chi connectivity index (χ0n) is 20.3. The average Bonchev–Trinajstić information content (AvgIpc) is 3.18. The summed E-state index contributed by atoms with van der Waals surface area (Å²) >= 11 is 0. The summed E-state index contributed by atoms with van der Waals surface area (Å²) in [5, 5.41) is 0. The van der Waals surface area contributed by atoms with E-state index in [1.807, 2.05) is 12.1 Å². The summed E-state index contributed by atoms with van der Waals surface area (Å²) in [6, 6.07) is 13.2. The van der Waals surface area contributed by atoms with Crippen molar-refractivity contribution in [2.24, 2.45) is 0 Å². The smallest absolute Gasteiger partial charge is 0.411 e. The third-order valence-corrected chi connectivity index (χ3v) is 5.76.